The Morgan fingerprint density at radius 3 is 2.51 bits per heavy atom. The molecule has 4 unspecified atom stereocenters. The Labute approximate surface area is 234 Å². The summed E-state index contributed by atoms with van der Waals surface area (Å²) in [6.45, 7) is 1.83. The van der Waals surface area contributed by atoms with Crippen molar-refractivity contribution in [1.29, 1.82) is 0 Å². The van der Waals surface area contributed by atoms with Crippen LogP contribution in [0.1, 0.15) is 36.8 Å². The number of carbonyl (C=O) groups is 4. The number of rotatable bonds is 4. The number of aromatic hydroxyl groups is 1. The second-order valence-corrected chi connectivity index (χ2v) is 11.4. The summed E-state index contributed by atoms with van der Waals surface area (Å²) in [7, 11) is 1.44. The Morgan fingerprint density at radius 1 is 1.05 bits per heavy atom. The summed E-state index contributed by atoms with van der Waals surface area (Å²) in [5.74, 6) is -2.89. The summed E-state index contributed by atoms with van der Waals surface area (Å²) in [6, 6.07) is 12.8. The molecule has 6 rings (SSSR count). The van der Waals surface area contributed by atoms with Gasteiger partial charge >= 0.3 is 0 Å². The van der Waals surface area contributed by atoms with Gasteiger partial charge in [-0.1, -0.05) is 42.0 Å². The first kappa shape index (κ1) is 25.5. The number of phenols is 1. The van der Waals surface area contributed by atoms with Crippen LogP contribution >= 0.6 is 15.9 Å². The lowest BCUT2D eigenvalue weighted by Gasteiger charge is -2.42. The van der Waals surface area contributed by atoms with Crippen LogP contribution in [0.25, 0.3) is 0 Å². The molecule has 1 saturated heterocycles. The van der Waals surface area contributed by atoms with Gasteiger partial charge in [0, 0.05) is 22.6 Å². The highest BCUT2D eigenvalue weighted by molar-refractivity contribution is 9.10. The fraction of sp³-hybridized carbons (Fsp3) is 0.290. The van der Waals surface area contributed by atoms with Crippen LogP contribution in [0.15, 0.2) is 81.4 Å². The van der Waals surface area contributed by atoms with E-state index < -0.39 is 23.7 Å². The first-order valence-electron chi connectivity index (χ1n) is 12.9. The van der Waals surface area contributed by atoms with Crippen LogP contribution in [0.2, 0.25) is 0 Å². The van der Waals surface area contributed by atoms with Crippen LogP contribution in [0.3, 0.4) is 0 Å². The van der Waals surface area contributed by atoms with Crippen LogP contribution in [0, 0.1) is 17.8 Å². The Bertz CT molecular complexity index is 1550. The molecule has 1 N–H and O–H groups in total. The van der Waals surface area contributed by atoms with E-state index in [1.54, 1.807) is 19.1 Å². The number of imide groups is 1. The van der Waals surface area contributed by atoms with Gasteiger partial charge in [0.2, 0.25) is 11.8 Å². The maximum Gasteiger partial charge on any atom is 0.234 e. The maximum absolute atomic E-state index is 13.9. The normalized spacial score (nSPS) is 26.2. The number of Topliss-reactive ketones (excluding diaryl/α,β-unsaturated/α-hetero) is 1. The molecule has 39 heavy (non-hydrogen) atoms. The molecule has 4 aliphatic rings. The van der Waals surface area contributed by atoms with E-state index >= 15 is 0 Å². The van der Waals surface area contributed by atoms with Gasteiger partial charge in [-0.05, 0) is 70.9 Å². The zero-order valence-corrected chi connectivity index (χ0v) is 23.0. The Kier molecular flexibility index (Phi) is 6.18. The molecule has 2 aromatic rings. The predicted octanol–water partition coefficient (Wildman–Crippen LogP) is 4.79. The fourth-order valence-corrected chi connectivity index (χ4v) is 7.12. The summed E-state index contributed by atoms with van der Waals surface area (Å²) in [4.78, 5) is 55.5. The molecule has 198 valence electrons. The number of ether oxygens (including phenoxy) is 1. The van der Waals surface area contributed by atoms with E-state index in [1.165, 1.54) is 18.1 Å². The van der Waals surface area contributed by atoms with Gasteiger partial charge in [-0.15, -0.1) is 0 Å². The lowest BCUT2D eigenvalue weighted by atomic mass is 9.59. The summed E-state index contributed by atoms with van der Waals surface area (Å²) < 4.78 is 5.77. The lowest BCUT2D eigenvalue weighted by molar-refractivity contribution is -0.140. The average Bonchev–Trinajstić information content (AvgIpc) is 3.17. The molecule has 0 aromatic heterocycles. The molecular formula is C31H26BrNO6. The molecule has 0 bridgehead atoms. The second kappa shape index (κ2) is 9.45. The van der Waals surface area contributed by atoms with E-state index in [-0.39, 0.29) is 47.8 Å². The van der Waals surface area contributed by atoms with E-state index in [1.807, 2.05) is 36.4 Å². The monoisotopic (exact) mass is 587 g/mol. The van der Waals surface area contributed by atoms with Gasteiger partial charge in [-0.2, -0.15) is 0 Å². The number of carbonyl (C=O) groups excluding carboxylic acids is 4. The van der Waals surface area contributed by atoms with Gasteiger partial charge in [0.1, 0.15) is 0 Å². The number of nitrogens with zero attached hydrogens (tertiary/aromatic N) is 1. The number of hydrogen-bond donors (Lipinski definition) is 1. The smallest absolute Gasteiger partial charge is 0.234 e. The Balaban J connectivity index is 1.47. The summed E-state index contributed by atoms with van der Waals surface area (Å²) in [6.07, 6.45) is 3.95. The molecule has 0 spiro atoms. The minimum Gasteiger partial charge on any atom is -0.503 e. The Morgan fingerprint density at radius 2 is 1.79 bits per heavy atom. The molecule has 4 atom stereocenters. The number of fused-ring (bicyclic) bond motifs is 3. The zero-order valence-electron chi connectivity index (χ0n) is 21.4. The van der Waals surface area contributed by atoms with Gasteiger partial charge < -0.3 is 9.84 Å². The summed E-state index contributed by atoms with van der Waals surface area (Å²) in [5.41, 5.74) is 3.53. The first-order chi connectivity index (χ1) is 18.7. The van der Waals surface area contributed by atoms with Gasteiger partial charge in [0.25, 0.3) is 0 Å². The van der Waals surface area contributed by atoms with Crippen molar-refractivity contribution < 1.29 is 29.0 Å². The number of amides is 2. The molecule has 2 amide bonds. The number of benzene rings is 2. The third kappa shape index (κ3) is 3.92. The third-order valence-electron chi connectivity index (χ3n) is 8.44. The van der Waals surface area contributed by atoms with Crippen LogP contribution in [0.4, 0.5) is 0 Å². The van der Waals surface area contributed by atoms with Crippen LogP contribution in [0.5, 0.6) is 11.5 Å². The van der Waals surface area contributed by atoms with Crippen molar-refractivity contribution in [2.24, 2.45) is 17.8 Å². The molecular weight excluding hydrogens is 562 g/mol. The third-order valence-corrected chi connectivity index (χ3v) is 9.05. The number of allylic oxidation sites excluding steroid dienone is 6. The molecule has 1 fully saturated rings. The SMILES string of the molecule is COc1cc(C2C3=CCC4C(=O)N(Cc5ccccc5)C(=O)C4C3CC3=C2C(=O)C=C(C)C3=O)cc(Br)c1O. The lowest BCUT2D eigenvalue weighted by Crippen LogP contribution is -2.39. The van der Waals surface area contributed by atoms with Crippen LogP contribution in [-0.4, -0.2) is 40.5 Å². The number of methoxy groups -OCH3 is 1. The van der Waals surface area contributed by atoms with Crippen molar-refractivity contribution in [3.05, 3.63) is 92.5 Å². The number of halogens is 1. The quantitative estimate of drug-likeness (QED) is 0.313. The van der Waals surface area contributed by atoms with Crippen molar-refractivity contribution in [3.8, 4) is 11.5 Å². The van der Waals surface area contributed by atoms with Gasteiger partial charge in [0.05, 0.1) is 30.0 Å². The van der Waals surface area contributed by atoms with Crippen molar-refractivity contribution in [2.75, 3.05) is 7.11 Å². The molecule has 8 heteroatoms. The van der Waals surface area contributed by atoms with E-state index in [9.17, 15) is 24.3 Å². The number of likely N-dealkylation sites (tertiary alicyclic amines) is 1. The number of hydrogen-bond acceptors (Lipinski definition) is 6. The summed E-state index contributed by atoms with van der Waals surface area (Å²) in [5, 5.41) is 10.4. The fourth-order valence-electron chi connectivity index (χ4n) is 6.66. The number of phenolic OH excluding ortho intramolecular Hbond substituents is 1. The van der Waals surface area contributed by atoms with Crippen LogP contribution in [-0.2, 0) is 25.7 Å². The molecule has 1 aliphatic heterocycles. The zero-order chi connectivity index (χ0) is 27.6. The minimum atomic E-state index is -0.616. The van der Waals surface area contributed by atoms with Crippen molar-refractivity contribution in [1.82, 2.24) is 4.90 Å². The highest BCUT2D eigenvalue weighted by Crippen LogP contribution is 2.56. The van der Waals surface area contributed by atoms with Crippen molar-refractivity contribution in [2.45, 2.75) is 32.2 Å². The van der Waals surface area contributed by atoms with Crippen molar-refractivity contribution >= 4 is 39.3 Å². The highest BCUT2D eigenvalue weighted by atomic mass is 79.9. The molecule has 0 radical (unpaired) electrons. The van der Waals surface area contributed by atoms with E-state index in [0.29, 0.717) is 33.2 Å². The molecule has 0 saturated carbocycles. The molecule has 7 nitrogen and oxygen atoms in total. The molecule has 3 aliphatic carbocycles. The highest BCUT2D eigenvalue weighted by Gasteiger charge is 2.56. The van der Waals surface area contributed by atoms with E-state index in [4.69, 9.17) is 4.74 Å². The van der Waals surface area contributed by atoms with Crippen LogP contribution < -0.4 is 4.74 Å². The predicted molar refractivity (Wildman–Crippen MR) is 146 cm³/mol. The first-order valence-corrected chi connectivity index (χ1v) is 13.7. The van der Waals surface area contributed by atoms with E-state index in [0.717, 1.165) is 11.1 Å². The van der Waals surface area contributed by atoms with Gasteiger partial charge in [-0.3, -0.25) is 24.1 Å². The number of ketones is 2. The molecule has 1 heterocycles. The van der Waals surface area contributed by atoms with E-state index in [2.05, 4.69) is 15.9 Å². The minimum absolute atomic E-state index is 0.0737. The van der Waals surface area contributed by atoms with Gasteiger partial charge in [0.15, 0.2) is 23.1 Å². The average molecular weight is 588 g/mol. The topological polar surface area (TPSA) is 101 Å². The standard InChI is InChI=1S/C31H26BrNO6/c1-15-10-23(34)27-21(28(15)35)13-20-18(25(27)17-11-22(32)29(36)24(12-17)39-2)8-9-19-26(20)31(38)33(30(19)37)14-16-6-4-3-5-7-16/h3-8,10-12,19-20,25-26,36H,9,13-14H2,1-2H3. The van der Waals surface area contributed by atoms with Crippen molar-refractivity contribution in [3.63, 3.8) is 0 Å². The summed E-state index contributed by atoms with van der Waals surface area (Å²) >= 11 is 3.38. The maximum atomic E-state index is 13.9. The molecule has 2 aromatic carbocycles. The van der Waals surface area contributed by atoms with Gasteiger partial charge in [-0.25, -0.2) is 0 Å². The Hall–Kier alpha value is -3.78. The largest absolute Gasteiger partial charge is 0.503 e. The second-order valence-electron chi connectivity index (χ2n) is 10.5.